The van der Waals surface area contributed by atoms with Crippen LogP contribution in [0.15, 0.2) is 35.2 Å². The summed E-state index contributed by atoms with van der Waals surface area (Å²) in [5.41, 5.74) is 2.53. The maximum atomic E-state index is 15.3. The predicted octanol–water partition coefficient (Wildman–Crippen LogP) is 7.63. The van der Waals surface area contributed by atoms with E-state index in [2.05, 4.69) is 53.7 Å². The highest BCUT2D eigenvalue weighted by Gasteiger charge is 2.57. The molecule has 1 N–H and O–H groups in total. The number of halogens is 1. The van der Waals surface area contributed by atoms with Crippen LogP contribution in [0, 0.1) is 46.3 Å². The van der Waals surface area contributed by atoms with E-state index < -0.39 is 0 Å². The molecule has 4 aliphatic carbocycles. The first kappa shape index (κ1) is 22.3. The normalized spacial score (nSPS) is 43.3. The van der Waals surface area contributed by atoms with E-state index in [1.807, 2.05) is 6.08 Å². The van der Waals surface area contributed by atoms with E-state index in [-0.39, 0.29) is 22.8 Å². The largest absolute Gasteiger partial charge is 0.393 e. The second-order valence-corrected chi connectivity index (χ2v) is 12.0. The van der Waals surface area contributed by atoms with Crippen LogP contribution in [0.1, 0.15) is 86.5 Å². The number of rotatable bonds is 4. The summed E-state index contributed by atoms with van der Waals surface area (Å²) in [5.74, 6) is 3.55. The molecule has 0 aromatic carbocycles. The zero-order chi connectivity index (χ0) is 21.8. The fourth-order valence-electron chi connectivity index (χ4n) is 7.67. The van der Waals surface area contributed by atoms with E-state index in [0.29, 0.717) is 41.9 Å². The van der Waals surface area contributed by atoms with Crippen molar-refractivity contribution in [3.8, 4) is 0 Å². The third-order valence-electron chi connectivity index (χ3n) is 10.1. The number of aliphatic hydroxyl groups excluding tert-OH is 1. The Morgan fingerprint density at radius 3 is 2.43 bits per heavy atom. The van der Waals surface area contributed by atoms with E-state index in [9.17, 15) is 5.11 Å². The average Bonchev–Trinajstić information content (AvgIpc) is 3.04. The van der Waals surface area contributed by atoms with E-state index >= 15 is 4.39 Å². The zero-order valence-corrected chi connectivity index (χ0v) is 20.0. The second kappa shape index (κ2) is 7.91. The van der Waals surface area contributed by atoms with E-state index in [1.165, 1.54) is 31.3 Å². The Balaban J connectivity index is 1.61. The molecule has 0 unspecified atom stereocenters. The Hall–Kier alpha value is -0.890. The molecule has 0 spiro atoms. The molecular weight excluding hydrogens is 371 g/mol. The summed E-state index contributed by atoms with van der Waals surface area (Å²) in [6, 6.07) is 0. The summed E-state index contributed by atoms with van der Waals surface area (Å²) >= 11 is 0. The van der Waals surface area contributed by atoms with Crippen molar-refractivity contribution in [2.75, 3.05) is 0 Å². The van der Waals surface area contributed by atoms with E-state index in [1.54, 1.807) is 0 Å². The van der Waals surface area contributed by atoms with Crippen molar-refractivity contribution in [1.82, 2.24) is 0 Å². The van der Waals surface area contributed by atoms with Crippen LogP contribution in [-0.4, -0.2) is 11.2 Å². The van der Waals surface area contributed by atoms with E-state index in [4.69, 9.17) is 0 Å². The molecule has 0 bridgehead atoms. The molecule has 2 heteroatoms. The third kappa shape index (κ3) is 3.46. The first-order chi connectivity index (χ1) is 14.1. The van der Waals surface area contributed by atoms with Crippen LogP contribution < -0.4 is 0 Å². The van der Waals surface area contributed by atoms with Crippen molar-refractivity contribution >= 4 is 0 Å². The lowest BCUT2D eigenvalue weighted by Crippen LogP contribution is -2.47. The smallest absolute Gasteiger partial charge is 0.123 e. The van der Waals surface area contributed by atoms with Crippen molar-refractivity contribution < 1.29 is 9.50 Å². The van der Waals surface area contributed by atoms with Gasteiger partial charge in [-0.05, 0) is 103 Å². The maximum Gasteiger partial charge on any atom is 0.123 e. The number of allylic oxidation sites excluding steroid dienone is 5. The Kier molecular flexibility index (Phi) is 5.88. The monoisotopic (exact) mass is 414 g/mol. The van der Waals surface area contributed by atoms with Crippen LogP contribution >= 0.6 is 0 Å². The van der Waals surface area contributed by atoms with E-state index in [0.717, 1.165) is 18.4 Å². The molecule has 0 amide bonds. The van der Waals surface area contributed by atoms with Gasteiger partial charge in [0.05, 0.1) is 6.10 Å². The topological polar surface area (TPSA) is 20.2 Å². The van der Waals surface area contributed by atoms with Gasteiger partial charge in [0.25, 0.3) is 0 Å². The van der Waals surface area contributed by atoms with Crippen LogP contribution in [0.2, 0.25) is 0 Å². The van der Waals surface area contributed by atoms with Gasteiger partial charge < -0.3 is 5.11 Å². The summed E-state index contributed by atoms with van der Waals surface area (Å²) in [6.07, 6.45) is 13.7. The summed E-state index contributed by atoms with van der Waals surface area (Å²) in [7, 11) is 0. The van der Waals surface area contributed by atoms with Gasteiger partial charge in [-0.15, -0.1) is 0 Å². The van der Waals surface area contributed by atoms with Crippen molar-refractivity contribution in [3.63, 3.8) is 0 Å². The molecule has 0 radical (unpaired) electrons. The van der Waals surface area contributed by atoms with Crippen LogP contribution in [-0.2, 0) is 0 Å². The Bertz CT molecular complexity index is 761. The highest BCUT2D eigenvalue weighted by Crippen LogP contribution is 2.66. The summed E-state index contributed by atoms with van der Waals surface area (Å²) < 4.78 is 15.3. The maximum absolute atomic E-state index is 15.3. The molecule has 168 valence electrons. The summed E-state index contributed by atoms with van der Waals surface area (Å²) in [5, 5.41) is 10.2. The Morgan fingerprint density at radius 2 is 1.73 bits per heavy atom. The number of hydrogen-bond donors (Lipinski definition) is 1. The molecule has 3 fully saturated rings. The second-order valence-electron chi connectivity index (χ2n) is 12.0. The molecule has 8 atom stereocenters. The van der Waals surface area contributed by atoms with Gasteiger partial charge in [0.1, 0.15) is 5.83 Å². The number of hydrogen-bond acceptors (Lipinski definition) is 1. The molecule has 4 rings (SSSR count). The zero-order valence-electron chi connectivity index (χ0n) is 20.0. The fourth-order valence-corrected chi connectivity index (χ4v) is 7.67. The van der Waals surface area contributed by atoms with Gasteiger partial charge in [0.15, 0.2) is 0 Å². The first-order valence-corrected chi connectivity index (χ1v) is 12.5. The standard InChI is InChI=1S/C28H43FO/c1-17(2)18(3)7-8-19(4)22-9-10-23-21-16-26(29)25-15-20(30)11-13-28(25,6)24(21)12-14-27(22,23)5/h7-8,16-20,22-24,30H,9-15H2,1-6H3/t18-,19+,20-,22+,23-,24-,27+,28+/m0/s1. The quantitative estimate of drug-likeness (QED) is 0.469. The lowest BCUT2D eigenvalue weighted by atomic mass is 9.50. The van der Waals surface area contributed by atoms with Crippen LogP contribution in [0.5, 0.6) is 0 Å². The molecule has 1 nitrogen and oxygen atoms in total. The van der Waals surface area contributed by atoms with Gasteiger partial charge in [0.2, 0.25) is 0 Å². The van der Waals surface area contributed by atoms with Gasteiger partial charge in [-0.1, -0.05) is 59.3 Å². The molecule has 0 heterocycles. The lowest BCUT2D eigenvalue weighted by Gasteiger charge is -2.55. The third-order valence-corrected chi connectivity index (χ3v) is 10.1. The van der Waals surface area contributed by atoms with Gasteiger partial charge >= 0.3 is 0 Å². The minimum absolute atomic E-state index is 0.0195. The van der Waals surface area contributed by atoms with Crippen LogP contribution in [0.4, 0.5) is 4.39 Å². The molecule has 3 saturated carbocycles. The average molecular weight is 415 g/mol. The molecule has 30 heavy (non-hydrogen) atoms. The SMILES string of the molecule is CC(C)[C@@H](C)C=C[C@@H](C)[C@H]1CC[C@H]2C3=CC(F)=C4C[C@@H](O)CC[C@]4(C)[C@H]3CC[C@]12C. The predicted molar refractivity (Wildman–Crippen MR) is 124 cm³/mol. The highest BCUT2D eigenvalue weighted by atomic mass is 19.1. The number of fused-ring (bicyclic) bond motifs is 5. The Morgan fingerprint density at radius 1 is 1.00 bits per heavy atom. The molecule has 0 saturated heterocycles. The molecule has 0 aliphatic heterocycles. The minimum Gasteiger partial charge on any atom is -0.393 e. The van der Waals surface area contributed by atoms with Gasteiger partial charge in [-0.3, -0.25) is 0 Å². The summed E-state index contributed by atoms with van der Waals surface area (Å²) in [6.45, 7) is 14.1. The first-order valence-electron chi connectivity index (χ1n) is 12.5. The van der Waals surface area contributed by atoms with Crippen molar-refractivity contribution in [3.05, 3.63) is 35.2 Å². The molecular formula is C28H43FO. The fraction of sp³-hybridized carbons (Fsp3) is 0.786. The van der Waals surface area contributed by atoms with Crippen LogP contribution in [0.25, 0.3) is 0 Å². The molecule has 0 aromatic heterocycles. The van der Waals surface area contributed by atoms with Gasteiger partial charge in [0, 0.05) is 0 Å². The molecule has 4 aliphatic rings. The van der Waals surface area contributed by atoms with Gasteiger partial charge in [-0.25, -0.2) is 4.39 Å². The highest BCUT2D eigenvalue weighted by molar-refractivity contribution is 5.42. The van der Waals surface area contributed by atoms with Gasteiger partial charge in [-0.2, -0.15) is 0 Å². The van der Waals surface area contributed by atoms with Crippen LogP contribution in [0.3, 0.4) is 0 Å². The van der Waals surface area contributed by atoms with Crippen molar-refractivity contribution in [1.29, 1.82) is 0 Å². The van der Waals surface area contributed by atoms with Crippen molar-refractivity contribution in [2.24, 2.45) is 46.3 Å². The van der Waals surface area contributed by atoms with Crippen molar-refractivity contribution in [2.45, 2.75) is 92.6 Å². The lowest BCUT2D eigenvalue weighted by molar-refractivity contribution is 0.0355. The number of aliphatic hydroxyl groups is 1. The Labute approximate surface area is 183 Å². The summed E-state index contributed by atoms with van der Waals surface area (Å²) in [4.78, 5) is 0. The molecule has 0 aromatic rings. The minimum atomic E-state index is -0.362.